The third-order valence-electron chi connectivity index (χ3n) is 4.00. The molecule has 0 atom stereocenters. The van der Waals surface area contributed by atoms with Crippen molar-refractivity contribution < 1.29 is 9.90 Å². The summed E-state index contributed by atoms with van der Waals surface area (Å²) in [4.78, 5) is 22.1. The number of nitrogens with zero attached hydrogens (tertiary/aromatic N) is 3. The fraction of sp³-hybridized carbons (Fsp3) is 0.583. The molecule has 6 nitrogen and oxygen atoms in total. The van der Waals surface area contributed by atoms with Crippen molar-refractivity contribution in [3.63, 3.8) is 0 Å². The van der Waals surface area contributed by atoms with E-state index in [-0.39, 0.29) is 17.1 Å². The molecule has 2 saturated heterocycles. The van der Waals surface area contributed by atoms with Crippen molar-refractivity contribution in [3.8, 4) is 5.75 Å². The predicted molar refractivity (Wildman–Crippen MR) is 65.2 cm³/mol. The lowest BCUT2D eigenvalue weighted by atomic mass is 9.77. The van der Waals surface area contributed by atoms with Gasteiger partial charge in [0, 0.05) is 19.6 Å². The van der Waals surface area contributed by atoms with Gasteiger partial charge in [0.1, 0.15) is 0 Å². The number of aromatic nitrogens is 2. The van der Waals surface area contributed by atoms with Gasteiger partial charge >= 0.3 is 0 Å². The molecule has 3 rings (SSSR count). The van der Waals surface area contributed by atoms with Gasteiger partial charge in [0.25, 0.3) is 0 Å². The number of anilines is 1. The lowest BCUT2D eigenvalue weighted by molar-refractivity contribution is -0.128. The van der Waals surface area contributed by atoms with Crippen LogP contribution in [0.1, 0.15) is 19.3 Å². The van der Waals surface area contributed by atoms with Crippen LogP contribution in [0.4, 0.5) is 5.95 Å². The normalized spacial score (nSPS) is 22.2. The Kier molecular flexibility index (Phi) is 2.57. The summed E-state index contributed by atoms with van der Waals surface area (Å²) in [5.74, 6) is 0.900. The molecular formula is C12H16N4O2. The topological polar surface area (TPSA) is 78.4 Å². The van der Waals surface area contributed by atoms with E-state index in [1.165, 1.54) is 12.4 Å². The molecule has 1 aromatic heterocycles. The van der Waals surface area contributed by atoms with Crippen LogP contribution in [0.3, 0.4) is 0 Å². The number of aromatic hydroxyl groups is 1. The second-order valence-electron chi connectivity index (χ2n) is 5.01. The van der Waals surface area contributed by atoms with Gasteiger partial charge in [0.2, 0.25) is 11.9 Å². The van der Waals surface area contributed by atoms with Crippen LogP contribution in [0.2, 0.25) is 0 Å². The van der Waals surface area contributed by atoms with Crippen molar-refractivity contribution in [1.82, 2.24) is 15.3 Å². The van der Waals surface area contributed by atoms with Crippen LogP contribution in [0.5, 0.6) is 5.75 Å². The molecule has 0 unspecified atom stereocenters. The van der Waals surface area contributed by atoms with E-state index < -0.39 is 0 Å². The van der Waals surface area contributed by atoms with E-state index in [0.29, 0.717) is 5.95 Å². The van der Waals surface area contributed by atoms with Gasteiger partial charge in [-0.25, -0.2) is 9.97 Å². The summed E-state index contributed by atoms with van der Waals surface area (Å²) in [5, 5.41) is 12.1. The Morgan fingerprint density at radius 3 is 2.44 bits per heavy atom. The zero-order valence-corrected chi connectivity index (χ0v) is 10.1. The Morgan fingerprint density at radius 1 is 1.22 bits per heavy atom. The number of carbonyl (C=O) groups is 1. The summed E-state index contributed by atoms with van der Waals surface area (Å²) in [6, 6.07) is 0. The molecule has 0 bridgehead atoms. The van der Waals surface area contributed by atoms with Crippen molar-refractivity contribution in [1.29, 1.82) is 0 Å². The number of rotatable bonds is 1. The predicted octanol–water partition coefficient (Wildman–Crippen LogP) is 0.289. The first-order valence-corrected chi connectivity index (χ1v) is 6.24. The highest BCUT2D eigenvalue weighted by molar-refractivity contribution is 5.85. The SMILES string of the molecule is O=C1NCCC12CCN(c1ncc(O)cn1)CC2. The highest BCUT2D eigenvalue weighted by atomic mass is 16.3. The Morgan fingerprint density at radius 2 is 1.89 bits per heavy atom. The van der Waals surface area contributed by atoms with E-state index >= 15 is 0 Å². The summed E-state index contributed by atoms with van der Waals surface area (Å²) < 4.78 is 0. The van der Waals surface area contributed by atoms with Crippen molar-refractivity contribution in [2.45, 2.75) is 19.3 Å². The first-order chi connectivity index (χ1) is 8.70. The van der Waals surface area contributed by atoms with E-state index in [0.717, 1.165) is 38.9 Å². The molecular weight excluding hydrogens is 232 g/mol. The Bertz CT molecular complexity index is 452. The first-order valence-electron chi connectivity index (χ1n) is 6.24. The molecule has 2 aliphatic rings. The smallest absolute Gasteiger partial charge is 0.226 e. The lowest BCUT2D eigenvalue weighted by Crippen LogP contribution is -2.44. The first kappa shape index (κ1) is 11.3. The summed E-state index contributed by atoms with van der Waals surface area (Å²) in [7, 11) is 0. The van der Waals surface area contributed by atoms with Crippen molar-refractivity contribution in [2.75, 3.05) is 24.5 Å². The molecule has 3 heterocycles. The summed E-state index contributed by atoms with van der Waals surface area (Å²) in [5.41, 5.74) is -0.159. The lowest BCUT2D eigenvalue weighted by Gasteiger charge is -2.37. The van der Waals surface area contributed by atoms with Gasteiger partial charge in [-0.1, -0.05) is 0 Å². The molecule has 1 amide bonds. The maximum atomic E-state index is 11.8. The number of amides is 1. The standard InChI is InChI=1S/C12H16N4O2/c17-9-7-14-11(15-8-9)16-5-2-12(3-6-16)1-4-13-10(12)18/h7-8,17H,1-6H2,(H,13,18). The molecule has 1 spiro atoms. The molecule has 96 valence electrons. The molecule has 0 aromatic carbocycles. The molecule has 0 aliphatic carbocycles. The number of carbonyl (C=O) groups excluding carboxylic acids is 1. The van der Waals surface area contributed by atoms with Gasteiger partial charge in [-0.3, -0.25) is 4.79 Å². The fourth-order valence-corrected chi connectivity index (χ4v) is 2.81. The van der Waals surface area contributed by atoms with Crippen molar-refractivity contribution in [3.05, 3.63) is 12.4 Å². The minimum absolute atomic E-state index is 0.0717. The van der Waals surface area contributed by atoms with E-state index in [1.807, 2.05) is 0 Å². The molecule has 0 saturated carbocycles. The number of nitrogens with one attached hydrogen (secondary N) is 1. The van der Waals surface area contributed by atoms with Crippen LogP contribution in [0.15, 0.2) is 12.4 Å². The average Bonchev–Trinajstić information content (AvgIpc) is 2.73. The zero-order chi connectivity index (χ0) is 12.6. The van der Waals surface area contributed by atoms with E-state index in [4.69, 9.17) is 5.11 Å². The Balaban J connectivity index is 1.70. The van der Waals surface area contributed by atoms with Crippen LogP contribution in [-0.4, -0.2) is 40.6 Å². The van der Waals surface area contributed by atoms with Crippen LogP contribution in [0, 0.1) is 5.41 Å². The van der Waals surface area contributed by atoms with Gasteiger partial charge in [-0.15, -0.1) is 0 Å². The zero-order valence-electron chi connectivity index (χ0n) is 10.1. The van der Waals surface area contributed by atoms with E-state index in [1.54, 1.807) is 0 Å². The minimum atomic E-state index is -0.159. The van der Waals surface area contributed by atoms with Gasteiger partial charge < -0.3 is 15.3 Å². The molecule has 2 N–H and O–H groups in total. The van der Waals surface area contributed by atoms with Gasteiger partial charge in [-0.05, 0) is 19.3 Å². The Hall–Kier alpha value is -1.85. The van der Waals surface area contributed by atoms with Gasteiger partial charge in [0.15, 0.2) is 5.75 Å². The summed E-state index contributed by atoms with van der Waals surface area (Å²) in [6.45, 7) is 2.38. The number of hydrogen-bond donors (Lipinski definition) is 2. The maximum absolute atomic E-state index is 11.8. The van der Waals surface area contributed by atoms with Crippen LogP contribution < -0.4 is 10.2 Å². The van der Waals surface area contributed by atoms with Crippen molar-refractivity contribution in [2.24, 2.45) is 5.41 Å². The third kappa shape index (κ3) is 1.77. The highest BCUT2D eigenvalue weighted by Crippen LogP contribution is 2.38. The van der Waals surface area contributed by atoms with Crippen LogP contribution in [-0.2, 0) is 4.79 Å². The molecule has 18 heavy (non-hydrogen) atoms. The number of piperidine rings is 1. The van der Waals surface area contributed by atoms with Crippen LogP contribution in [0.25, 0.3) is 0 Å². The van der Waals surface area contributed by atoms with Crippen molar-refractivity contribution >= 4 is 11.9 Å². The molecule has 2 aliphatic heterocycles. The van der Waals surface area contributed by atoms with E-state index in [9.17, 15) is 4.79 Å². The number of hydrogen-bond acceptors (Lipinski definition) is 5. The Labute approximate surface area is 105 Å². The van der Waals surface area contributed by atoms with Gasteiger partial charge in [-0.2, -0.15) is 0 Å². The molecule has 6 heteroatoms. The molecule has 2 fully saturated rings. The highest BCUT2D eigenvalue weighted by Gasteiger charge is 2.44. The maximum Gasteiger partial charge on any atom is 0.226 e. The monoisotopic (exact) mass is 248 g/mol. The second kappa shape index (κ2) is 4.12. The average molecular weight is 248 g/mol. The quantitative estimate of drug-likeness (QED) is 0.746. The summed E-state index contributed by atoms with van der Waals surface area (Å²) >= 11 is 0. The summed E-state index contributed by atoms with van der Waals surface area (Å²) in [6.07, 6.45) is 5.44. The largest absolute Gasteiger partial charge is 0.505 e. The molecule has 0 radical (unpaired) electrons. The van der Waals surface area contributed by atoms with Gasteiger partial charge in [0.05, 0.1) is 17.8 Å². The van der Waals surface area contributed by atoms with E-state index in [2.05, 4.69) is 20.2 Å². The van der Waals surface area contributed by atoms with Crippen LogP contribution >= 0.6 is 0 Å². The fourth-order valence-electron chi connectivity index (χ4n) is 2.81. The second-order valence-corrected chi connectivity index (χ2v) is 5.01. The third-order valence-corrected chi connectivity index (χ3v) is 4.00. The minimum Gasteiger partial charge on any atom is -0.505 e. The molecule has 1 aromatic rings.